The summed E-state index contributed by atoms with van der Waals surface area (Å²) in [5, 5.41) is 0. The number of ether oxygens (including phenoxy) is 1. The smallest absolute Gasteiger partial charge is 0.251 e. The van der Waals surface area contributed by atoms with Crippen LogP contribution < -0.4 is 0 Å². The number of carbonyl (C=O) groups is 1. The van der Waals surface area contributed by atoms with E-state index in [-0.39, 0.29) is 18.2 Å². The van der Waals surface area contributed by atoms with Crippen molar-refractivity contribution in [2.45, 2.75) is 33.1 Å². The number of nitrogens with zero attached hydrogens (tertiary/aromatic N) is 1. The molecule has 0 saturated carbocycles. The Bertz CT molecular complexity index is 270. The number of hydrogen-bond donors (Lipinski definition) is 0. The maximum atomic E-state index is 11.6. The van der Waals surface area contributed by atoms with Gasteiger partial charge in [0.25, 0.3) is 5.91 Å². The molecule has 2 aliphatic rings. The van der Waals surface area contributed by atoms with Gasteiger partial charge in [-0.3, -0.25) is 4.79 Å². The molecular weight excluding hydrogens is 154 g/mol. The highest BCUT2D eigenvalue weighted by Crippen LogP contribution is 2.38. The van der Waals surface area contributed by atoms with Gasteiger partial charge >= 0.3 is 0 Å². The summed E-state index contributed by atoms with van der Waals surface area (Å²) in [6.45, 7) is 6.57. The first-order chi connectivity index (χ1) is 5.66. The Morgan fingerprint density at radius 2 is 2.17 bits per heavy atom. The Kier molecular flexibility index (Phi) is 1.51. The lowest BCUT2D eigenvalue weighted by atomic mass is 10.0. The lowest BCUT2D eigenvalue weighted by molar-refractivity contribution is -0.129. The van der Waals surface area contributed by atoms with Gasteiger partial charge in [0.05, 0.1) is 0 Å². The monoisotopic (exact) mass is 167 g/mol. The molecule has 2 aliphatic heterocycles. The Labute approximate surface area is 72.0 Å². The number of likely N-dealkylation sites (N-methyl/N-ethyl adjacent to an activating group) is 1. The van der Waals surface area contributed by atoms with Gasteiger partial charge < -0.3 is 9.64 Å². The maximum absolute atomic E-state index is 11.6. The van der Waals surface area contributed by atoms with E-state index in [0.29, 0.717) is 0 Å². The van der Waals surface area contributed by atoms with Gasteiger partial charge in [0.15, 0.2) is 6.23 Å². The van der Waals surface area contributed by atoms with Crippen molar-refractivity contribution in [2.75, 3.05) is 6.54 Å². The Balaban J connectivity index is 2.33. The van der Waals surface area contributed by atoms with Gasteiger partial charge in [-0.1, -0.05) is 0 Å². The molecule has 66 valence electrons. The summed E-state index contributed by atoms with van der Waals surface area (Å²) < 4.78 is 5.38. The van der Waals surface area contributed by atoms with E-state index in [0.717, 1.165) is 17.7 Å². The number of amides is 1. The summed E-state index contributed by atoms with van der Waals surface area (Å²) in [6.07, 6.45) is 0.244. The minimum Gasteiger partial charge on any atom is -0.343 e. The normalized spacial score (nSPS) is 33.9. The van der Waals surface area contributed by atoms with Gasteiger partial charge in [0, 0.05) is 12.1 Å². The Morgan fingerprint density at radius 3 is 2.75 bits per heavy atom. The highest BCUT2D eigenvalue weighted by Gasteiger charge is 2.50. The van der Waals surface area contributed by atoms with E-state index in [1.807, 2.05) is 20.8 Å². The zero-order chi connectivity index (χ0) is 8.88. The summed E-state index contributed by atoms with van der Waals surface area (Å²) in [5.74, 6) is 0.133. The first-order valence-corrected chi connectivity index (χ1v) is 4.30. The Hall–Kier alpha value is -0.830. The van der Waals surface area contributed by atoms with Gasteiger partial charge in [0.1, 0.15) is 6.10 Å². The first-order valence-electron chi connectivity index (χ1n) is 4.30. The predicted octanol–water partition coefficient (Wildman–Crippen LogP) is 0.910. The van der Waals surface area contributed by atoms with Gasteiger partial charge in [-0.25, -0.2) is 0 Å². The highest BCUT2D eigenvalue weighted by atomic mass is 16.6. The second-order valence-electron chi connectivity index (χ2n) is 3.35. The van der Waals surface area contributed by atoms with E-state index < -0.39 is 0 Å². The van der Waals surface area contributed by atoms with Crippen LogP contribution in [0.4, 0.5) is 0 Å². The van der Waals surface area contributed by atoms with Crippen LogP contribution in [-0.4, -0.2) is 29.7 Å². The van der Waals surface area contributed by atoms with E-state index in [1.165, 1.54) is 0 Å². The zero-order valence-corrected chi connectivity index (χ0v) is 7.63. The molecule has 2 rings (SSSR count). The minimum atomic E-state index is 0.0474. The van der Waals surface area contributed by atoms with Crippen LogP contribution in [0.15, 0.2) is 11.1 Å². The molecule has 12 heavy (non-hydrogen) atoms. The second-order valence-corrected chi connectivity index (χ2v) is 3.35. The fraction of sp³-hybridized carbons (Fsp3) is 0.667. The molecule has 3 heteroatoms. The van der Waals surface area contributed by atoms with Crippen molar-refractivity contribution in [3.05, 3.63) is 11.1 Å². The van der Waals surface area contributed by atoms with Crippen LogP contribution in [-0.2, 0) is 9.53 Å². The van der Waals surface area contributed by atoms with Crippen LogP contribution in [0.5, 0.6) is 0 Å². The highest BCUT2D eigenvalue weighted by molar-refractivity contribution is 5.95. The van der Waals surface area contributed by atoms with E-state index >= 15 is 0 Å². The van der Waals surface area contributed by atoms with Gasteiger partial charge in [-0.15, -0.1) is 0 Å². The largest absolute Gasteiger partial charge is 0.343 e. The lowest BCUT2D eigenvalue weighted by Gasteiger charge is -2.23. The fourth-order valence-electron chi connectivity index (χ4n) is 1.69. The van der Waals surface area contributed by atoms with E-state index in [1.54, 1.807) is 4.90 Å². The van der Waals surface area contributed by atoms with Crippen LogP contribution in [0, 0.1) is 0 Å². The first kappa shape index (κ1) is 7.80. The predicted molar refractivity (Wildman–Crippen MR) is 44.4 cm³/mol. The fourth-order valence-corrected chi connectivity index (χ4v) is 1.69. The standard InChI is InChI=1S/C9H13NO2/c1-4-10-8(11)6(3)5(2)7-9(10)12-7/h7,9H,4H2,1-3H3. The van der Waals surface area contributed by atoms with Crippen molar-refractivity contribution in [1.29, 1.82) is 0 Å². The van der Waals surface area contributed by atoms with Crippen LogP contribution in [0.25, 0.3) is 0 Å². The molecule has 1 fully saturated rings. The third-order valence-electron chi connectivity index (χ3n) is 2.72. The molecule has 1 amide bonds. The van der Waals surface area contributed by atoms with Crippen molar-refractivity contribution < 1.29 is 9.53 Å². The molecular formula is C9H13NO2. The molecule has 0 aromatic carbocycles. The molecule has 3 nitrogen and oxygen atoms in total. The second kappa shape index (κ2) is 2.33. The molecule has 1 saturated heterocycles. The topological polar surface area (TPSA) is 32.8 Å². The van der Waals surface area contributed by atoms with E-state index in [9.17, 15) is 4.79 Å². The van der Waals surface area contributed by atoms with Crippen molar-refractivity contribution >= 4 is 5.91 Å². The number of hydrogen-bond acceptors (Lipinski definition) is 2. The zero-order valence-electron chi connectivity index (χ0n) is 7.63. The molecule has 0 aromatic rings. The lowest BCUT2D eigenvalue weighted by Crippen LogP contribution is -2.38. The van der Waals surface area contributed by atoms with Crippen molar-refractivity contribution in [1.82, 2.24) is 4.90 Å². The minimum absolute atomic E-state index is 0.0474. The van der Waals surface area contributed by atoms with Gasteiger partial charge in [0.2, 0.25) is 0 Å². The summed E-state index contributed by atoms with van der Waals surface area (Å²) in [5.41, 5.74) is 1.96. The summed E-state index contributed by atoms with van der Waals surface area (Å²) in [6, 6.07) is 0. The molecule has 0 aromatic heterocycles. The Morgan fingerprint density at radius 1 is 1.50 bits per heavy atom. The van der Waals surface area contributed by atoms with E-state index in [2.05, 4.69) is 0 Å². The van der Waals surface area contributed by atoms with Crippen LogP contribution in [0.1, 0.15) is 20.8 Å². The van der Waals surface area contributed by atoms with Gasteiger partial charge in [-0.2, -0.15) is 0 Å². The molecule has 2 atom stereocenters. The van der Waals surface area contributed by atoms with Crippen LogP contribution in [0.2, 0.25) is 0 Å². The van der Waals surface area contributed by atoms with Gasteiger partial charge in [-0.05, 0) is 26.3 Å². The van der Waals surface area contributed by atoms with Crippen LogP contribution in [0.3, 0.4) is 0 Å². The summed E-state index contributed by atoms with van der Waals surface area (Å²) in [4.78, 5) is 13.4. The summed E-state index contributed by atoms with van der Waals surface area (Å²) >= 11 is 0. The molecule has 0 radical (unpaired) electrons. The van der Waals surface area contributed by atoms with Crippen molar-refractivity contribution in [3.8, 4) is 0 Å². The SMILES string of the molecule is CCN1C(=O)C(C)=C(C)C2OC21. The number of carbonyl (C=O) groups excluding carboxylic acids is 1. The number of rotatable bonds is 1. The average molecular weight is 167 g/mol. The number of epoxide rings is 1. The molecule has 0 aliphatic carbocycles. The maximum Gasteiger partial charge on any atom is 0.251 e. The molecule has 0 N–H and O–H groups in total. The average Bonchev–Trinajstić information content (AvgIpc) is 2.81. The van der Waals surface area contributed by atoms with Crippen LogP contribution >= 0.6 is 0 Å². The quantitative estimate of drug-likeness (QED) is 0.544. The number of fused-ring (bicyclic) bond motifs is 1. The van der Waals surface area contributed by atoms with E-state index in [4.69, 9.17) is 4.74 Å². The third kappa shape index (κ3) is 0.829. The third-order valence-corrected chi connectivity index (χ3v) is 2.72. The van der Waals surface area contributed by atoms with Crippen molar-refractivity contribution in [3.63, 3.8) is 0 Å². The molecule has 0 spiro atoms. The molecule has 2 unspecified atom stereocenters. The van der Waals surface area contributed by atoms with Crippen molar-refractivity contribution in [2.24, 2.45) is 0 Å². The molecule has 0 bridgehead atoms. The summed E-state index contributed by atoms with van der Waals surface area (Å²) in [7, 11) is 0. The molecule has 2 heterocycles.